The summed E-state index contributed by atoms with van der Waals surface area (Å²) in [6, 6.07) is 18.7. The number of hydrogen-bond acceptors (Lipinski definition) is 1. The first-order chi connectivity index (χ1) is 10.8. The van der Waals surface area contributed by atoms with E-state index in [0.29, 0.717) is 0 Å². The van der Waals surface area contributed by atoms with Crippen LogP contribution in [0.4, 0.5) is 0 Å². The SMILES string of the molecule is BrC1(c2oc(-c3ccccc3)c3ccccc23)C=CC=CC1. The largest absolute Gasteiger partial charge is 0.458 e. The number of hydrogen-bond donors (Lipinski definition) is 0. The Balaban J connectivity index is 1.98. The Bertz CT molecular complexity index is 873. The number of alkyl halides is 1. The highest BCUT2D eigenvalue weighted by Gasteiger charge is 2.32. The molecule has 0 saturated heterocycles. The van der Waals surface area contributed by atoms with Crippen molar-refractivity contribution in [3.63, 3.8) is 0 Å². The zero-order valence-electron chi connectivity index (χ0n) is 12.0. The van der Waals surface area contributed by atoms with Crippen molar-refractivity contribution < 1.29 is 4.42 Å². The van der Waals surface area contributed by atoms with Crippen molar-refractivity contribution in [2.45, 2.75) is 10.7 Å². The van der Waals surface area contributed by atoms with Gasteiger partial charge in [-0.25, -0.2) is 0 Å². The molecule has 1 aromatic heterocycles. The summed E-state index contributed by atoms with van der Waals surface area (Å²) in [5.74, 6) is 1.91. The van der Waals surface area contributed by atoms with Gasteiger partial charge in [-0.3, -0.25) is 0 Å². The monoisotopic (exact) mass is 350 g/mol. The molecule has 1 aliphatic carbocycles. The third kappa shape index (κ3) is 2.15. The van der Waals surface area contributed by atoms with Gasteiger partial charge in [-0.1, -0.05) is 94.8 Å². The molecule has 0 amide bonds. The van der Waals surface area contributed by atoms with Crippen LogP contribution in [0.3, 0.4) is 0 Å². The van der Waals surface area contributed by atoms with E-state index in [4.69, 9.17) is 4.42 Å². The smallest absolute Gasteiger partial charge is 0.142 e. The van der Waals surface area contributed by atoms with Crippen LogP contribution in [-0.2, 0) is 4.32 Å². The lowest BCUT2D eigenvalue weighted by Crippen LogP contribution is -2.14. The molecule has 0 radical (unpaired) electrons. The van der Waals surface area contributed by atoms with E-state index in [1.807, 2.05) is 18.2 Å². The summed E-state index contributed by atoms with van der Waals surface area (Å²) in [4.78, 5) is 0. The second-order valence-electron chi connectivity index (χ2n) is 5.53. The summed E-state index contributed by atoms with van der Waals surface area (Å²) < 4.78 is 6.09. The van der Waals surface area contributed by atoms with Crippen molar-refractivity contribution in [3.05, 3.63) is 84.7 Å². The zero-order valence-corrected chi connectivity index (χ0v) is 13.6. The van der Waals surface area contributed by atoms with Gasteiger partial charge in [0.25, 0.3) is 0 Å². The predicted molar refractivity (Wildman–Crippen MR) is 95.2 cm³/mol. The maximum Gasteiger partial charge on any atom is 0.142 e. The quantitative estimate of drug-likeness (QED) is 0.501. The lowest BCUT2D eigenvalue weighted by molar-refractivity contribution is 0.493. The van der Waals surface area contributed by atoms with Crippen LogP contribution < -0.4 is 0 Å². The molecule has 2 heteroatoms. The molecule has 0 fully saturated rings. The molecule has 108 valence electrons. The van der Waals surface area contributed by atoms with Crippen molar-refractivity contribution in [1.29, 1.82) is 0 Å². The van der Waals surface area contributed by atoms with E-state index in [0.717, 1.165) is 34.3 Å². The predicted octanol–water partition coefficient (Wildman–Crippen LogP) is 6.21. The van der Waals surface area contributed by atoms with Crippen LogP contribution in [0.1, 0.15) is 12.2 Å². The minimum atomic E-state index is -0.269. The van der Waals surface area contributed by atoms with Gasteiger partial charge in [0.2, 0.25) is 0 Å². The van der Waals surface area contributed by atoms with E-state index in [1.165, 1.54) is 0 Å². The summed E-state index contributed by atoms with van der Waals surface area (Å²) in [6.07, 6.45) is 9.34. The van der Waals surface area contributed by atoms with Gasteiger partial charge in [0.1, 0.15) is 15.8 Å². The molecule has 0 N–H and O–H groups in total. The van der Waals surface area contributed by atoms with Crippen LogP contribution in [0.5, 0.6) is 0 Å². The molecule has 4 rings (SSSR count). The Morgan fingerprint density at radius 1 is 0.864 bits per heavy atom. The van der Waals surface area contributed by atoms with Gasteiger partial charge in [-0.05, 0) is 6.42 Å². The molecule has 1 unspecified atom stereocenters. The van der Waals surface area contributed by atoms with Crippen molar-refractivity contribution in [3.8, 4) is 11.3 Å². The van der Waals surface area contributed by atoms with E-state index in [2.05, 4.69) is 76.6 Å². The maximum atomic E-state index is 6.36. The Labute approximate surface area is 138 Å². The van der Waals surface area contributed by atoms with E-state index in [9.17, 15) is 0 Å². The van der Waals surface area contributed by atoms with Crippen molar-refractivity contribution in [2.24, 2.45) is 0 Å². The molecule has 1 aliphatic rings. The molecular weight excluding hydrogens is 336 g/mol. The van der Waals surface area contributed by atoms with Crippen LogP contribution in [0.15, 0.2) is 83.3 Å². The molecular formula is C20H15BrO. The fraction of sp³-hybridized carbons (Fsp3) is 0.100. The number of halogens is 1. The average molecular weight is 351 g/mol. The van der Waals surface area contributed by atoms with E-state index >= 15 is 0 Å². The third-order valence-electron chi connectivity index (χ3n) is 4.06. The third-order valence-corrected chi connectivity index (χ3v) is 5.00. The topological polar surface area (TPSA) is 13.1 Å². The summed E-state index contributed by atoms with van der Waals surface area (Å²) >= 11 is 3.88. The van der Waals surface area contributed by atoms with Crippen LogP contribution >= 0.6 is 15.9 Å². The molecule has 3 aromatic rings. The van der Waals surface area contributed by atoms with Gasteiger partial charge in [0.05, 0.1) is 0 Å². The molecule has 22 heavy (non-hydrogen) atoms. The first kappa shape index (κ1) is 13.6. The first-order valence-corrected chi connectivity index (χ1v) is 8.18. The summed E-state index contributed by atoms with van der Waals surface area (Å²) in [5.41, 5.74) is 1.11. The van der Waals surface area contributed by atoms with E-state index < -0.39 is 0 Å². The Morgan fingerprint density at radius 3 is 2.32 bits per heavy atom. The van der Waals surface area contributed by atoms with E-state index in [-0.39, 0.29) is 4.32 Å². The fourth-order valence-corrected chi connectivity index (χ4v) is 3.60. The fourth-order valence-electron chi connectivity index (χ4n) is 2.97. The Hall–Kier alpha value is -2.06. The van der Waals surface area contributed by atoms with Crippen LogP contribution in [-0.4, -0.2) is 0 Å². The summed E-state index contributed by atoms with van der Waals surface area (Å²) in [5, 5.41) is 2.32. The van der Waals surface area contributed by atoms with Gasteiger partial charge in [0, 0.05) is 16.3 Å². The van der Waals surface area contributed by atoms with Crippen LogP contribution in [0.2, 0.25) is 0 Å². The van der Waals surface area contributed by atoms with Crippen LogP contribution in [0.25, 0.3) is 22.1 Å². The summed E-state index contributed by atoms with van der Waals surface area (Å²) in [7, 11) is 0. The van der Waals surface area contributed by atoms with Gasteiger partial charge < -0.3 is 4.42 Å². The molecule has 0 saturated carbocycles. The van der Waals surface area contributed by atoms with Crippen LogP contribution in [0, 0.1) is 0 Å². The number of furan rings is 1. The van der Waals surface area contributed by atoms with Crippen molar-refractivity contribution in [2.75, 3.05) is 0 Å². The Kier molecular flexibility index (Phi) is 3.27. The summed E-state index contributed by atoms with van der Waals surface area (Å²) in [6.45, 7) is 0. The standard InChI is InChI=1S/C20H15BrO/c21-20(13-7-2-8-14-20)19-17-12-6-5-11-16(17)18(22-19)15-9-3-1-4-10-15/h1-13H,14H2. The molecule has 0 aliphatic heterocycles. The lowest BCUT2D eigenvalue weighted by atomic mass is 9.95. The number of fused-ring (bicyclic) bond motifs is 1. The van der Waals surface area contributed by atoms with Crippen molar-refractivity contribution in [1.82, 2.24) is 0 Å². The lowest BCUT2D eigenvalue weighted by Gasteiger charge is -2.22. The molecule has 1 nitrogen and oxygen atoms in total. The normalized spacial score (nSPS) is 20.6. The van der Waals surface area contributed by atoms with Gasteiger partial charge >= 0.3 is 0 Å². The number of benzene rings is 2. The zero-order chi connectivity index (χ0) is 15.0. The molecule has 1 heterocycles. The number of allylic oxidation sites excluding steroid dienone is 4. The minimum Gasteiger partial charge on any atom is -0.458 e. The maximum absolute atomic E-state index is 6.36. The van der Waals surface area contributed by atoms with Gasteiger partial charge in [-0.15, -0.1) is 0 Å². The van der Waals surface area contributed by atoms with Crippen molar-refractivity contribution >= 4 is 26.7 Å². The molecule has 0 spiro atoms. The average Bonchev–Trinajstić information content (AvgIpc) is 2.97. The molecule has 2 aromatic carbocycles. The molecule has 1 atom stereocenters. The first-order valence-electron chi connectivity index (χ1n) is 7.39. The highest BCUT2D eigenvalue weighted by molar-refractivity contribution is 9.09. The second kappa shape index (κ2) is 5.29. The highest BCUT2D eigenvalue weighted by atomic mass is 79.9. The Morgan fingerprint density at radius 2 is 1.59 bits per heavy atom. The number of rotatable bonds is 2. The molecule has 0 bridgehead atoms. The van der Waals surface area contributed by atoms with Gasteiger partial charge in [-0.2, -0.15) is 0 Å². The van der Waals surface area contributed by atoms with E-state index in [1.54, 1.807) is 0 Å². The highest BCUT2D eigenvalue weighted by Crippen LogP contribution is 2.46. The minimum absolute atomic E-state index is 0.269. The van der Waals surface area contributed by atoms with Gasteiger partial charge in [0.15, 0.2) is 0 Å². The second-order valence-corrected chi connectivity index (χ2v) is 6.94.